The molecule has 1 unspecified atom stereocenters. The van der Waals surface area contributed by atoms with Crippen molar-refractivity contribution in [1.29, 1.82) is 5.26 Å². The molecule has 1 aliphatic heterocycles. The Morgan fingerprint density at radius 3 is 2.90 bits per heavy atom. The number of carbonyl (C=O) groups is 1. The summed E-state index contributed by atoms with van der Waals surface area (Å²) in [5.74, 6) is 0.568. The van der Waals surface area contributed by atoms with Gasteiger partial charge in [0.05, 0.1) is 6.10 Å². The normalized spacial score (nSPS) is 17.9. The van der Waals surface area contributed by atoms with E-state index in [1.807, 2.05) is 13.8 Å². The van der Waals surface area contributed by atoms with Crippen LogP contribution in [0.15, 0.2) is 0 Å². The Morgan fingerprint density at radius 2 is 2.33 bits per heavy atom. The van der Waals surface area contributed by atoms with Crippen molar-refractivity contribution in [3.05, 3.63) is 4.88 Å². The quantitative estimate of drug-likeness (QED) is 0.883. The van der Waals surface area contributed by atoms with Gasteiger partial charge >= 0.3 is 0 Å². The molecule has 21 heavy (non-hydrogen) atoms. The van der Waals surface area contributed by atoms with Crippen LogP contribution >= 0.6 is 11.3 Å². The van der Waals surface area contributed by atoms with Gasteiger partial charge in [-0.15, -0.1) is 11.3 Å². The van der Waals surface area contributed by atoms with Crippen LogP contribution in [-0.4, -0.2) is 31.1 Å². The monoisotopic (exact) mass is 308 g/mol. The average molecular weight is 308 g/mol. The summed E-state index contributed by atoms with van der Waals surface area (Å²) >= 11 is 1.35. The fraction of sp³-hybridized carbons (Fsp3) is 0.571. The van der Waals surface area contributed by atoms with Gasteiger partial charge in [0, 0.05) is 26.1 Å². The summed E-state index contributed by atoms with van der Waals surface area (Å²) < 4.78 is 5.79. The van der Waals surface area contributed by atoms with Crippen LogP contribution in [0.5, 0.6) is 5.75 Å². The fourth-order valence-electron chi connectivity index (χ4n) is 2.41. The summed E-state index contributed by atoms with van der Waals surface area (Å²) in [5, 5.41) is 13.0. The van der Waals surface area contributed by atoms with Gasteiger partial charge in [-0.05, 0) is 20.3 Å². The molecule has 1 atom stereocenters. The summed E-state index contributed by atoms with van der Waals surface area (Å²) in [5.41, 5.74) is 6.42. The summed E-state index contributed by atoms with van der Waals surface area (Å²) in [6, 6.07) is 2.24. The van der Waals surface area contributed by atoms with E-state index < -0.39 is 0 Å². The number of amides is 1. The predicted molar refractivity (Wildman–Crippen MR) is 83.6 cm³/mol. The lowest BCUT2D eigenvalue weighted by atomic mass is 10.3. The molecule has 114 valence electrons. The number of thiophene rings is 1. The molecule has 1 saturated heterocycles. The van der Waals surface area contributed by atoms with E-state index in [1.165, 1.54) is 18.3 Å². The standard InChI is InChI=1S/C14H20N4O2S/c1-8(2)20-13-12(16)11(6-15)21-14(13)18-5-4-10(7-18)17-9(3)19/h8,10H,4-5,7,16H2,1-3H3,(H,17,19). The van der Waals surface area contributed by atoms with Crippen LogP contribution in [-0.2, 0) is 4.79 Å². The van der Waals surface area contributed by atoms with Crippen LogP contribution in [0.1, 0.15) is 32.1 Å². The van der Waals surface area contributed by atoms with Crippen LogP contribution in [0.3, 0.4) is 0 Å². The number of nitrogens with two attached hydrogens (primary N) is 1. The maximum Gasteiger partial charge on any atom is 0.217 e. The van der Waals surface area contributed by atoms with Crippen molar-refractivity contribution in [3.63, 3.8) is 0 Å². The number of carbonyl (C=O) groups excluding carboxylic acids is 1. The first kappa shape index (κ1) is 15.4. The number of ether oxygens (including phenoxy) is 1. The number of rotatable bonds is 4. The lowest BCUT2D eigenvalue weighted by Gasteiger charge is -2.20. The molecule has 1 aromatic heterocycles. The highest BCUT2D eigenvalue weighted by Gasteiger charge is 2.29. The SMILES string of the molecule is CC(=O)NC1CCN(c2sc(C#N)c(N)c2OC(C)C)C1. The molecule has 7 heteroatoms. The van der Waals surface area contributed by atoms with E-state index in [4.69, 9.17) is 15.7 Å². The number of nitrogen functional groups attached to an aromatic ring is 1. The third kappa shape index (κ3) is 3.39. The van der Waals surface area contributed by atoms with E-state index in [1.54, 1.807) is 0 Å². The molecule has 3 N–H and O–H groups in total. The van der Waals surface area contributed by atoms with E-state index in [2.05, 4.69) is 16.3 Å². The Balaban J connectivity index is 2.23. The Labute approximate surface area is 128 Å². The molecule has 0 aromatic carbocycles. The van der Waals surface area contributed by atoms with Crippen LogP contribution in [0.4, 0.5) is 10.7 Å². The van der Waals surface area contributed by atoms with Gasteiger partial charge in [-0.1, -0.05) is 0 Å². The van der Waals surface area contributed by atoms with Crippen LogP contribution in [0, 0.1) is 11.3 Å². The predicted octanol–water partition coefficient (Wildman–Crippen LogP) is 1.70. The molecule has 6 nitrogen and oxygen atoms in total. The second-order valence-electron chi connectivity index (χ2n) is 5.39. The summed E-state index contributed by atoms with van der Waals surface area (Å²) in [7, 11) is 0. The first-order chi connectivity index (χ1) is 9.92. The highest BCUT2D eigenvalue weighted by atomic mass is 32.1. The highest BCUT2D eigenvalue weighted by molar-refractivity contribution is 7.17. The van der Waals surface area contributed by atoms with Crippen molar-refractivity contribution < 1.29 is 9.53 Å². The van der Waals surface area contributed by atoms with Crippen LogP contribution in [0.25, 0.3) is 0 Å². The highest BCUT2D eigenvalue weighted by Crippen LogP contribution is 2.46. The van der Waals surface area contributed by atoms with Gasteiger partial charge in [0.1, 0.15) is 21.6 Å². The Kier molecular flexibility index (Phi) is 4.58. The fourth-order valence-corrected chi connectivity index (χ4v) is 3.39. The van der Waals surface area contributed by atoms with Gasteiger partial charge in [-0.25, -0.2) is 0 Å². The number of hydrogen-bond donors (Lipinski definition) is 2. The summed E-state index contributed by atoms with van der Waals surface area (Å²) in [6.45, 7) is 6.89. The minimum Gasteiger partial charge on any atom is -0.486 e. The first-order valence-electron chi connectivity index (χ1n) is 6.93. The molecule has 2 heterocycles. The molecular formula is C14H20N4O2S. The molecular weight excluding hydrogens is 288 g/mol. The van der Waals surface area contributed by atoms with Crippen molar-refractivity contribution in [3.8, 4) is 11.8 Å². The van der Waals surface area contributed by atoms with Crippen molar-refractivity contribution in [2.75, 3.05) is 23.7 Å². The van der Waals surface area contributed by atoms with E-state index >= 15 is 0 Å². The summed E-state index contributed by atoms with van der Waals surface area (Å²) in [4.78, 5) is 13.7. The second-order valence-corrected chi connectivity index (χ2v) is 6.39. The van der Waals surface area contributed by atoms with Gasteiger partial charge < -0.3 is 20.7 Å². The Bertz CT molecular complexity index is 576. The molecule has 1 fully saturated rings. The minimum atomic E-state index is -0.0242. The van der Waals surface area contributed by atoms with E-state index in [0.29, 0.717) is 22.9 Å². The largest absolute Gasteiger partial charge is 0.486 e. The van der Waals surface area contributed by atoms with Crippen molar-refractivity contribution in [2.24, 2.45) is 0 Å². The van der Waals surface area contributed by atoms with Gasteiger partial charge in [0.25, 0.3) is 0 Å². The van der Waals surface area contributed by atoms with Crippen molar-refractivity contribution >= 4 is 27.9 Å². The van der Waals surface area contributed by atoms with E-state index in [9.17, 15) is 4.79 Å². The van der Waals surface area contributed by atoms with E-state index in [-0.39, 0.29) is 18.1 Å². The van der Waals surface area contributed by atoms with Crippen LogP contribution in [0.2, 0.25) is 0 Å². The number of nitrogens with one attached hydrogen (secondary N) is 1. The maximum absolute atomic E-state index is 11.1. The maximum atomic E-state index is 11.1. The Hall–Kier alpha value is -1.94. The van der Waals surface area contributed by atoms with Crippen LogP contribution < -0.4 is 20.7 Å². The molecule has 0 saturated carbocycles. The smallest absolute Gasteiger partial charge is 0.217 e. The number of hydrogen-bond acceptors (Lipinski definition) is 6. The van der Waals surface area contributed by atoms with Gasteiger partial charge in [-0.3, -0.25) is 4.79 Å². The molecule has 1 aliphatic rings. The lowest BCUT2D eigenvalue weighted by Crippen LogP contribution is -2.35. The molecule has 0 bridgehead atoms. The van der Waals surface area contributed by atoms with Gasteiger partial charge in [0.2, 0.25) is 5.91 Å². The zero-order chi connectivity index (χ0) is 15.6. The molecule has 0 aliphatic carbocycles. The molecule has 0 radical (unpaired) electrons. The third-order valence-corrected chi connectivity index (χ3v) is 4.37. The minimum absolute atomic E-state index is 0.0130. The first-order valence-corrected chi connectivity index (χ1v) is 7.75. The second kappa shape index (κ2) is 6.22. The molecule has 1 amide bonds. The lowest BCUT2D eigenvalue weighted by molar-refractivity contribution is -0.119. The van der Waals surface area contributed by atoms with E-state index in [0.717, 1.165) is 18.0 Å². The molecule has 1 aromatic rings. The van der Waals surface area contributed by atoms with Crippen molar-refractivity contribution in [2.45, 2.75) is 39.3 Å². The molecule has 2 rings (SSSR count). The van der Waals surface area contributed by atoms with Gasteiger partial charge in [-0.2, -0.15) is 5.26 Å². The molecule has 0 spiro atoms. The van der Waals surface area contributed by atoms with Gasteiger partial charge in [0.15, 0.2) is 5.75 Å². The Morgan fingerprint density at radius 1 is 1.62 bits per heavy atom. The topological polar surface area (TPSA) is 91.4 Å². The third-order valence-electron chi connectivity index (χ3n) is 3.22. The number of anilines is 2. The number of nitriles is 1. The number of nitrogens with zero attached hydrogens (tertiary/aromatic N) is 2. The zero-order valence-corrected chi connectivity index (χ0v) is 13.3. The van der Waals surface area contributed by atoms with Crippen molar-refractivity contribution in [1.82, 2.24) is 5.32 Å². The summed E-state index contributed by atoms with van der Waals surface area (Å²) in [6.07, 6.45) is 0.862. The zero-order valence-electron chi connectivity index (χ0n) is 12.5. The average Bonchev–Trinajstić information content (AvgIpc) is 2.95.